The van der Waals surface area contributed by atoms with Crippen molar-refractivity contribution in [2.24, 2.45) is 0 Å². The molecule has 0 aliphatic heterocycles. The van der Waals surface area contributed by atoms with E-state index >= 15 is 0 Å². The van der Waals surface area contributed by atoms with Crippen molar-refractivity contribution in [1.82, 2.24) is 5.32 Å². The Bertz CT molecular complexity index is 277. The number of hydrogen-bond acceptors (Lipinski definition) is 3. The van der Waals surface area contributed by atoms with Gasteiger partial charge >= 0.3 is 0 Å². The van der Waals surface area contributed by atoms with Crippen molar-refractivity contribution in [3.63, 3.8) is 0 Å². The summed E-state index contributed by atoms with van der Waals surface area (Å²) in [5.41, 5.74) is 0.686. The SMILES string of the molecule is CC(NCC1(O)CCC1)c1ccoc1. The van der Waals surface area contributed by atoms with Gasteiger partial charge in [-0.15, -0.1) is 0 Å². The van der Waals surface area contributed by atoms with Crippen molar-refractivity contribution in [2.75, 3.05) is 6.54 Å². The summed E-state index contributed by atoms with van der Waals surface area (Å²) in [5, 5.41) is 13.2. The van der Waals surface area contributed by atoms with Crippen LogP contribution in [0.25, 0.3) is 0 Å². The lowest BCUT2D eigenvalue weighted by atomic mass is 9.80. The molecule has 0 saturated heterocycles. The summed E-state index contributed by atoms with van der Waals surface area (Å²) < 4.78 is 5.01. The predicted molar refractivity (Wildman–Crippen MR) is 53.9 cm³/mol. The second kappa shape index (κ2) is 3.75. The molecule has 1 heterocycles. The van der Waals surface area contributed by atoms with Crippen LogP contribution in [0.15, 0.2) is 23.0 Å². The Morgan fingerprint density at radius 3 is 2.93 bits per heavy atom. The first kappa shape index (κ1) is 9.74. The van der Waals surface area contributed by atoms with Gasteiger partial charge in [0.1, 0.15) is 0 Å². The van der Waals surface area contributed by atoms with Crippen LogP contribution in [0.4, 0.5) is 0 Å². The third kappa shape index (κ3) is 1.99. The largest absolute Gasteiger partial charge is 0.472 e. The van der Waals surface area contributed by atoms with Gasteiger partial charge in [-0.2, -0.15) is 0 Å². The van der Waals surface area contributed by atoms with Gasteiger partial charge in [-0.3, -0.25) is 0 Å². The van der Waals surface area contributed by atoms with Crippen LogP contribution in [-0.4, -0.2) is 17.3 Å². The van der Waals surface area contributed by atoms with Gasteiger partial charge in [-0.05, 0) is 32.3 Å². The first-order chi connectivity index (χ1) is 6.70. The van der Waals surface area contributed by atoms with E-state index in [4.69, 9.17) is 4.42 Å². The van der Waals surface area contributed by atoms with Gasteiger partial charge in [0, 0.05) is 18.2 Å². The summed E-state index contributed by atoms with van der Waals surface area (Å²) in [6, 6.07) is 2.20. The highest BCUT2D eigenvalue weighted by Gasteiger charge is 2.34. The second-order valence-corrected chi connectivity index (χ2v) is 4.24. The Labute approximate surface area is 84.1 Å². The summed E-state index contributed by atoms with van der Waals surface area (Å²) in [6.45, 7) is 2.76. The highest BCUT2D eigenvalue weighted by atomic mass is 16.3. The highest BCUT2D eigenvalue weighted by Crippen LogP contribution is 2.31. The zero-order valence-electron chi connectivity index (χ0n) is 8.49. The first-order valence-electron chi connectivity index (χ1n) is 5.17. The Hall–Kier alpha value is -0.800. The summed E-state index contributed by atoms with van der Waals surface area (Å²) in [4.78, 5) is 0. The standard InChI is InChI=1S/C11H17NO2/c1-9(10-3-6-14-7-10)12-8-11(13)4-2-5-11/h3,6-7,9,12-13H,2,4-5,8H2,1H3. The molecule has 1 unspecified atom stereocenters. The molecule has 1 aromatic rings. The lowest BCUT2D eigenvalue weighted by Gasteiger charge is -2.37. The van der Waals surface area contributed by atoms with Gasteiger partial charge in [-0.25, -0.2) is 0 Å². The van der Waals surface area contributed by atoms with Crippen LogP contribution in [0.5, 0.6) is 0 Å². The Kier molecular flexibility index (Phi) is 2.61. The zero-order chi connectivity index (χ0) is 10.0. The van der Waals surface area contributed by atoms with Crippen LogP contribution in [-0.2, 0) is 0 Å². The van der Waals surface area contributed by atoms with E-state index < -0.39 is 5.60 Å². The molecule has 3 heteroatoms. The molecule has 0 amide bonds. The lowest BCUT2D eigenvalue weighted by Crippen LogP contribution is -2.46. The summed E-state index contributed by atoms with van der Waals surface area (Å²) >= 11 is 0. The fourth-order valence-corrected chi connectivity index (χ4v) is 1.74. The predicted octanol–water partition coefficient (Wildman–Crippen LogP) is 1.85. The van der Waals surface area contributed by atoms with Gasteiger partial charge in [-0.1, -0.05) is 0 Å². The van der Waals surface area contributed by atoms with Gasteiger partial charge in [0.05, 0.1) is 18.1 Å². The number of aliphatic hydroxyl groups is 1. The van der Waals surface area contributed by atoms with Crippen LogP contribution < -0.4 is 5.32 Å². The molecule has 1 aromatic heterocycles. The van der Waals surface area contributed by atoms with Gasteiger partial charge in [0.25, 0.3) is 0 Å². The molecular formula is C11H17NO2. The molecule has 3 nitrogen and oxygen atoms in total. The minimum absolute atomic E-state index is 0.248. The van der Waals surface area contributed by atoms with Crippen LogP contribution in [0.1, 0.15) is 37.8 Å². The molecule has 14 heavy (non-hydrogen) atoms. The van der Waals surface area contributed by atoms with Crippen LogP contribution >= 0.6 is 0 Å². The summed E-state index contributed by atoms with van der Waals surface area (Å²) in [7, 11) is 0. The average Bonchev–Trinajstić information content (AvgIpc) is 2.63. The molecular weight excluding hydrogens is 178 g/mol. The van der Waals surface area contributed by atoms with E-state index in [0.717, 1.165) is 24.8 Å². The van der Waals surface area contributed by atoms with Crippen LogP contribution in [0, 0.1) is 0 Å². The number of furan rings is 1. The van der Waals surface area contributed by atoms with E-state index in [2.05, 4.69) is 12.2 Å². The first-order valence-corrected chi connectivity index (χ1v) is 5.17. The number of nitrogens with one attached hydrogen (secondary N) is 1. The molecule has 0 spiro atoms. The third-order valence-electron chi connectivity index (χ3n) is 3.06. The van der Waals surface area contributed by atoms with Crippen molar-refractivity contribution in [3.05, 3.63) is 24.2 Å². The van der Waals surface area contributed by atoms with Crippen molar-refractivity contribution in [2.45, 2.75) is 37.8 Å². The van der Waals surface area contributed by atoms with Crippen LogP contribution in [0.3, 0.4) is 0 Å². The van der Waals surface area contributed by atoms with E-state index in [1.807, 2.05) is 6.07 Å². The molecule has 78 valence electrons. The molecule has 1 saturated carbocycles. The van der Waals surface area contributed by atoms with Gasteiger partial charge in [0.2, 0.25) is 0 Å². The van der Waals surface area contributed by atoms with E-state index in [0.29, 0.717) is 6.54 Å². The fourth-order valence-electron chi connectivity index (χ4n) is 1.74. The molecule has 2 rings (SSSR count). The Morgan fingerprint density at radius 1 is 1.64 bits per heavy atom. The van der Waals surface area contributed by atoms with E-state index in [1.54, 1.807) is 12.5 Å². The molecule has 1 atom stereocenters. The fraction of sp³-hybridized carbons (Fsp3) is 0.636. The minimum Gasteiger partial charge on any atom is -0.472 e. The van der Waals surface area contributed by atoms with E-state index in [-0.39, 0.29) is 6.04 Å². The zero-order valence-corrected chi connectivity index (χ0v) is 8.49. The van der Waals surface area contributed by atoms with E-state index in [9.17, 15) is 5.11 Å². The van der Waals surface area contributed by atoms with Crippen molar-refractivity contribution >= 4 is 0 Å². The summed E-state index contributed by atoms with van der Waals surface area (Å²) in [5.74, 6) is 0. The molecule has 0 radical (unpaired) electrons. The smallest absolute Gasteiger partial charge is 0.0950 e. The monoisotopic (exact) mass is 195 g/mol. The maximum Gasteiger partial charge on any atom is 0.0950 e. The highest BCUT2D eigenvalue weighted by molar-refractivity contribution is 5.10. The lowest BCUT2D eigenvalue weighted by molar-refractivity contribution is -0.0329. The van der Waals surface area contributed by atoms with Crippen molar-refractivity contribution < 1.29 is 9.52 Å². The quantitative estimate of drug-likeness (QED) is 0.770. The second-order valence-electron chi connectivity index (χ2n) is 4.24. The molecule has 1 aliphatic rings. The van der Waals surface area contributed by atoms with Crippen molar-refractivity contribution in [1.29, 1.82) is 0 Å². The topological polar surface area (TPSA) is 45.4 Å². The average molecular weight is 195 g/mol. The number of rotatable bonds is 4. The minimum atomic E-state index is -0.446. The van der Waals surface area contributed by atoms with Crippen molar-refractivity contribution in [3.8, 4) is 0 Å². The number of hydrogen-bond donors (Lipinski definition) is 2. The Balaban J connectivity index is 1.80. The molecule has 2 N–H and O–H groups in total. The molecule has 0 bridgehead atoms. The summed E-state index contributed by atoms with van der Waals surface area (Å²) in [6.07, 6.45) is 6.42. The maximum atomic E-state index is 9.87. The molecule has 1 fully saturated rings. The van der Waals surface area contributed by atoms with Gasteiger partial charge < -0.3 is 14.8 Å². The molecule has 0 aromatic carbocycles. The third-order valence-corrected chi connectivity index (χ3v) is 3.06. The normalized spacial score (nSPS) is 21.6. The van der Waals surface area contributed by atoms with Gasteiger partial charge in [0.15, 0.2) is 0 Å². The van der Waals surface area contributed by atoms with E-state index in [1.165, 1.54) is 0 Å². The Morgan fingerprint density at radius 2 is 2.43 bits per heavy atom. The molecule has 1 aliphatic carbocycles. The maximum absolute atomic E-state index is 9.87. The van der Waals surface area contributed by atoms with Crippen LogP contribution in [0.2, 0.25) is 0 Å².